The summed E-state index contributed by atoms with van der Waals surface area (Å²) in [5.41, 5.74) is 5.06. The molecule has 1 aromatic heterocycles. The first-order valence-corrected chi connectivity index (χ1v) is 6.52. The highest BCUT2D eigenvalue weighted by Crippen LogP contribution is 2.33. The third kappa shape index (κ3) is 1.87. The van der Waals surface area contributed by atoms with Gasteiger partial charge in [-0.3, -0.25) is 9.89 Å². The largest absolute Gasteiger partial charge is 0.439 e. The summed E-state index contributed by atoms with van der Waals surface area (Å²) in [6.07, 6.45) is 0.249. The third-order valence-corrected chi connectivity index (χ3v) is 4.07. The molecule has 8 nitrogen and oxygen atoms in total. The molecule has 1 spiro atoms. The van der Waals surface area contributed by atoms with E-state index in [1.807, 2.05) is 0 Å². The second-order valence-corrected chi connectivity index (χ2v) is 5.56. The molecule has 2 fully saturated rings. The molecule has 2 aliphatic heterocycles. The minimum absolute atomic E-state index is 0.0935. The monoisotopic (exact) mass is 299 g/mol. The number of nitrogen functional groups attached to an aromatic ring is 1. The Morgan fingerprint density at radius 3 is 2.85 bits per heavy atom. The number of likely N-dealkylation sites (tertiary alicyclic amines) is 1. The van der Waals surface area contributed by atoms with E-state index in [0.29, 0.717) is 26.1 Å². The number of amides is 2. The van der Waals surface area contributed by atoms with Gasteiger partial charge in [-0.15, -0.1) is 0 Å². The number of hydrogen-bond donors (Lipinski definition) is 2. The number of ether oxygens (including phenoxy) is 1. The summed E-state index contributed by atoms with van der Waals surface area (Å²) in [5.74, 6) is -0.197. The standard InChI is InChI=1S/C11H14ClN5O3/c1-16-4-11(20-10(16)19)2-3-17(5-11)9(18)7-6(12)8(13)15-14-7/h2-5H2,1H3,(H3,13,14,15). The minimum atomic E-state index is -0.612. The molecule has 1 unspecified atom stereocenters. The quantitative estimate of drug-likeness (QED) is 0.776. The van der Waals surface area contributed by atoms with Crippen molar-refractivity contribution >= 4 is 29.4 Å². The van der Waals surface area contributed by atoms with Gasteiger partial charge < -0.3 is 20.3 Å². The molecule has 9 heteroatoms. The molecule has 3 heterocycles. The fourth-order valence-corrected chi connectivity index (χ4v) is 2.83. The lowest BCUT2D eigenvalue weighted by Gasteiger charge is -2.21. The van der Waals surface area contributed by atoms with Crippen LogP contribution < -0.4 is 5.73 Å². The van der Waals surface area contributed by atoms with Crippen molar-refractivity contribution in [2.24, 2.45) is 0 Å². The topological polar surface area (TPSA) is 105 Å². The summed E-state index contributed by atoms with van der Waals surface area (Å²) in [7, 11) is 1.67. The maximum absolute atomic E-state index is 12.3. The van der Waals surface area contributed by atoms with Crippen molar-refractivity contribution in [1.82, 2.24) is 20.0 Å². The van der Waals surface area contributed by atoms with Crippen LogP contribution in [0.3, 0.4) is 0 Å². The average Bonchev–Trinajstić information content (AvgIpc) is 3.03. The van der Waals surface area contributed by atoms with Gasteiger partial charge in [-0.05, 0) is 0 Å². The van der Waals surface area contributed by atoms with Gasteiger partial charge in [0.1, 0.15) is 10.7 Å². The maximum Gasteiger partial charge on any atom is 0.410 e. The van der Waals surface area contributed by atoms with Crippen LogP contribution in [0.1, 0.15) is 16.9 Å². The van der Waals surface area contributed by atoms with Crippen LogP contribution >= 0.6 is 11.6 Å². The van der Waals surface area contributed by atoms with Crippen LogP contribution in [-0.2, 0) is 4.74 Å². The minimum Gasteiger partial charge on any atom is -0.439 e. The molecule has 0 radical (unpaired) electrons. The highest BCUT2D eigenvalue weighted by atomic mass is 35.5. The highest BCUT2D eigenvalue weighted by Gasteiger charge is 2.49. The lowest BCUT2D eigenvalue weighted by Crippen LogP contribution is -2.39. The molecule has 2 aliphatic rings. The molecule has 0 aliphatic carbocycles. The van der Waals surface area contributed by atoms with Crippen LogP contribution in [0.4, 0.5) is 10.6 Å². The Kier molecular flexibility index (Phi) is 2.79. The molecular weight excluding hydrogens is 286 g/mol. The number of H-pyrrole nitrogens is 1. The number of aromatic nitrogens is 2. The molecule has 1 aromatic rings. The molecule has 0 aromatic carbocycles. The highest BCUT2D eigenvalue weighted by molar-refractivity contribution is 6.35. The molecule has 3 N–H and O–H groups in total. The number of rotatable bonds is 1. The molecule has 1 atom stereocenters. The number of anilines is 1. The molecule has 2 amide bonds. The SMILES string of the molecule is CN1CC2(CCN(C(=O)c3[nH]nc(N)c3Cl)C2)OC1=O. The summed E-state index contributed by atoms with van der Waals surface area (Å²) in [4.78, 5) is 26.9. The van der Waals surface area contributed by atoms with E-state index in [1.54, 1.807) is 11.9 Å². The third-order valence-electron chi connectivity index (χ3n) is 3.69. The molecule has 0 bridgehead atoms. The Hall–Kier alpha value is -1.96. The van der Waals surface area contributed by atoms with Gasteiger partial charge in [0.2, 0.25) is 0 Å². The molecular formula is C11H14ClN5O3. The van der Waals surface area contributed by atoms with Crippen molar-refractivity contribution in [2.75, 3.05) is 32.4 Å². The van der Waals surface area contributed by atoms with Crippen molar-refractivity contribution in [1.29, 1.82) is 0 Å². The normalized spacial score (nSPS) is 25.6. The molecule has 2 saturated heterocycles. The Balaban J connectivity index is 1.76. The van der Waals surface area contributed by atoms with Crippen molar-refractivity contribution < 1.29 is 14.3 Å². The summed E-state index contributed by atoms with van der Waals surface area (Å²) >= 11 is 5.92. The fourth-order valence-electron chi connectivity index (χ4n) is 2.66. The van der Waals surface area contributed by atoms with Crippen molar-refractivity contribution in [3.05, 3.63) is 10.7 Å². The van der Waals surface area contributed by atoms with Crippen LogP contribution in [0.25, 0.3) is 0 Å². The first kappa shape index (κ1) is 13.0. The summed E-state index contributed by atoms with van der Waals surface area (Å²) in [6.45, 7) is 1.32. The second-order valence-electron chi connectivity index (χ2n) is 5.18. The van der Waals surface area contributed by atoms with Gasteiger partial charge in [0, 0.05) is 20.0 Å². The number of carbonyl (C=O) groups excluding carboxylic acids is 2. The predicted octanol–water partition coefficient (Wildman–Crippen LogP) is 0.312. The van der Waals surface area contributed by atoms with Crippen molar-refractivity contribution in [3.8, 4) is 0 Å². The molecule has 108 valence electrons. The summed E-state index contributed by atoms with van der Waals surface area (Å²) < 4.78 is 5.38. The second kappa shape index (κ2) is 4.27. The van der Waals surface area contributed by atoms with Crippen LogP contribution in [0.2, 0.25) is 5.02 Å². The predicted molar refractivity (Wildman–Crippen MR) is 70.4 cm³/mol. The van der Waals surface area contributed by atoms with E-state index in [1.165, 1.54) is 4.90 Å². The van der Waals surface area contributed by atoms with E-state index in [0.717, 1.165) is 0 Å². The van der Waals surface area contributed by atoms with Crippen LogP contribution in [-0.4, -0.2) is 64.3 Å². The van der Waals surface area contributed by atoms with Gasteiger partial charge in [-0.1, -0.05) is 11.6 Å². The number of nitrogens with two attached hydrogens (primary N) is 1. The number of nitrogens with one attached hydrogen (secondary N) is 1. The van der Waals surface area contributed by atoms with Gasteiger partial charge >= 0.3 is 6.09 Å². The number of hydrogen-bond acceptors (Lipinski definition) is 5. The smallest absolute Gasteiger partial charge is 0.410 e. The number of nitrogens with zero attached hydrogens (tertiary/aromatic N) is 3. The van der Waals surface area contributed by atoms with E-state index in [-0.39, 0.29) is 28.5 Å². The zero-order valence-corrected chi connectivity index (χ0v) is 11.6. The van der Waals surface area contributed by atoms with Gasteiger partial charge in [0.15, 0.2) is 11.4 Å². The van der Waals surface area contributed by atoms with E-state index < -0.39 is 5.60 Å². The number of carbonyl (C=O) groups is 2. The molecule has 20 heavy (non-hydrogen) atoms. The zero-order valence-electron chi connectivity index (χ0n) is 10.9. The number of halogens is 1. The Labute approximate surface area is 119 Å². The number of likely N-dealkylation sites (N-methyl/N-ethyl adjacent to an activating group) is 1. The number of aromatic amines is 1. The average molecular weight is 300 g/mol. The Morgan fingerprint density at radius 1 is 1.55 bits per heavy atom. The summed E-state index contributed by atoms with van der Waals surface area (Å²) in [5, 5.41) is 6.35. The van der Waals surface area contributed by atoms with Crippen LogP contribution in [0.15, 0.2) is 0 Å². The van der Waals surface area contributed by atoms with Crippen molar-refractivity contribution in [2.45, 2.75) is 12.0 Å². The van der Waals surface area contributed by atoms with Crippen molar-refractivity contribution in [3.63, 3.8) is 0 Å². The first-order valence-electron chi connectivity index (χ1n) is 6.15. The van der Waals surface area contributed by atoms with Gasteiger partial charge in [0.05, 0.1) is 13.1 Å². The van der Waals surface area contributed by atoms with Crippen LogP contribution in [0, 0.1) is 0 Å². The summed E-state index contributed by atoms with van der Waals surface area (Å²) in [6, 6.07) is 0. The Morgan fingerprint density at radius 2 is 2.30 bits per heavy atom. The van der Waals surface area contributed by atoms with E-state index in [9.17, 15) is 9.59 Å². The maximum atomic E-state index is 12.3. The van der Waals surface area contributed by atoms with Gasteiger partial charge in [-0.2, -0.15) is 5.10 Å². The molecule has 0 saturated carbocycles. The Bertz CT molecular complexity index is 589. The molecule has 3 rings (SSSR count). The van der Waals surface area contributed by atoms with Gasteiger partial charge in [-0.25, -0.2) is 4.79 Å². The van der Waals surface area contributed by atoms with Crippen LogP contribution in [0.5, 0.6) is 0 Å². The van der Waals surface area contributed by atoms with E-state index in [4.69, 9.17) is 22.1 Å². The van der Waals surface area contributed by atoms with E-state index >= 15 is 0 Å². The lowest BCUT2D eigenvalue weighted by molar-refractivity contribution is 0.0550. The lowest BCUT2D eigenvalue weighted by atomic mass is 10.0. The zero-order chi connectivity index (χ0) is 14.5. The first-order chi connectivity index (χ1) is 9.42. The van der Waals surface area contributed by atoms with Gasteiger partial charge in [0.25, 0.3) is 5.91 Å². The van der Waals surface area contributed by atoms with E-state index in [2.05, 4.69) is 10.2 Å². The fraction of sp³-hybridized carbons (Fsp3) is 0.545.